The van der Waals surface area contributed by atoms with Crippen LogP contribution in [0.2, 0.25) is 0 Å². The molecule has 0 aliphatic rings. The zero-order chi connectivity index (χ0) is 9.78. The van der Waals surface area contributed by atoms with E-state index in [1.54, 1.807) is 13.8 Å². The lowest BCUT2D eigenvalue weighted by Crippen LogP contribution is -2.22. The number of carbonyl (C=O) groups is 1. The van der Waals surface area contributed by atoms with Gasteiger partial charge in [-0.1, -0.05) is 0 Å². The fourth-order valence-electron chi connectivity index (χ4n) is 0.411. The number of nitrogens with one attached hydrogen (secondary N) is 1. The minimum absolute atomic E-state index is 0.0160. The topological polar surface area (TPSA) is 29.1 Å². The maximum atomic E-state index is 11.5. The molecule has 0 heterocycles. The van der Waals surface area contributed by atoms with Gasteiger partial charge in [-0.05, 0) is 13.8 Å². The van der Waals surface area contributed by atoms with Gasteiger partial charge in [0.15, 0.2) is 0 Å². The Morgan fingerprint density at radius 3 is 2.25 bits per heavy atom. The number of alkyl halides is 3. The van der Waals surface area contributed by atoms with E-state index < -0.39 is 12.0 Å². The lowest BCUT2D eigenvalue weighted by Gasteiger charge is -2.03. The first-order chi connectivity index (χ1) is 5.34. The first-order valence-electron chi connectivity index (χ1n) is 3.38. The summed E-state index contributed by atoms with van der Waals surface area (Å²) in [6.07, 6.45) is -3.30. The second-order valence-corrected chi connectivity index (χ2v) is 2.52. The van der Waals surface area contributed by atoms with Gasteiger partial charge in [0.2, 0.25) is 0 Å². The molecule has 0 aromatic rings. The highest BCUT2D eigenvalue weighted by Crippen LogP contribution is 2.15. The van der Waals surface area contributed by atoms with Crippen molar-refractivity contribution in [2.45, 2.75) is 26.1 Å². The Morgan fingerprint density at radius 2 is 1.92 bits per heavy atom. The van der Waals surface area contributed by atoms with Gasteiger partial charge in [0, 0.05) is 18.3 Å². The summed E-state index contributed by atoms with van der Waals surface area (Å²) in [4.78, 5) is 10.2. The summed E-state index contributed by atoms with van der Waals surface area (Å²) in [5.41, 5.74) is 0. The highest BCUT2D eigenvalue weighted by atomic mass is 19.4. The first-order valence-corrected chi connectivity index (χ1v) is 3.38. The van der Waals surface area contributed by atoms with E-state index in [-0.39, 0.29) is 6.04 Å². The van der Waals surface area contributed by atoms with Crippen molar-refractivity contribution >= 4 is 5.78 Å². The molecule has 0 atom stereocenters. The van der Waals surface area contributed by atoms with E-state index in [0.29, 0.717) is 6.08 Å². The SMILES string of the molecule is CC(C)N/C=C\C(=O)C(F)(F)F. The fourth-order valence-corrected chi connectivity index (χ4v) is 0.411. The summed E-state index contributed by atoms with van der Waals surface area (Å²) in [6.45, 7) is 3.50. The third-order valence-corrected chi connectivity index (χ3v) is 0.944. The zero-order valence-electron chi connectivity index (χ0n) is 6.77. The number of rotatable bonds is 3. The van der Waals surface area contributed by atoms with E-state index in [4.69, 9.17) is 0 Å². The molecule has 0 aromatic carbocycles. The summed E-state index contributed by atoms with van der Waals surface area (Å²) >= 11 is 0. The van der Waals surface area contributed by atoms with Crippen LogP contribution in [0.4, 0.5) is 13.2 Å². The molecule has 0 aliphatic heterocycles. The van der Waals surface area contributed by atoms with Crippen molar-refractivity contribution in [3.8, 4) is 0 Å². The predicted octanol–water partition coefficient (Wildman–Crippen LogP) is 1.63. The van der Waals surface area contributed by atoms with Crippen LogP contribution < -0.4 is 5.32 Å². The Bertz CT molecular complexity index is 184. The minimum Gasteiger partial charge on any atom is -0.389 e. The van der Waals surface area contributed by atoms with Crippen molar-refractivity contribution in [3.63, 3.8) is 0 Å². The summed E-state index contributed by atoms with van der Waals surface area (Å²) in [7, 11) is 0. The van der Waals surface area contributed by atoms with Crippen molar-refractivity contribution in [2.24, 2.45) is 0 Å². The molecule has 5 heteroatoms. The predicted molar refractivity (Wildman–Crippen MR) is 38.5 cm³/mol. The molecule has 70 valence electrons. The second kappa shape index (κ2) is 4.13. The average Bonchev–Trinajstić information content (AvgIpc) is 1.84. The molecule has 0 bridgehead atoms. The van der Waals surface area contributed by atoms with Crippen LogP contribution >= 0.6 is 0 Å². The Balaban J connectivity index is 3.93. The number of hydrogen-bond acceptors (Lipinski definition) is 2. The van der Waals surface area contributed by atoms with Gasteiger partial charge in [0.05, 0.1) is 0 Å². The van der Waals surface area contributed by atoms with Crippen molar-refractivity contribution in [1.29, 1.82) is 0 Å². The van der Waals surface area contributed by atoms with Crippen LogP contribution in [0, 0.1) is 0 Å². The van der Waals surface area contributed by atoms with Gasteiger partial charge in [-0.3, -0.25) is 4.79 Å². The molecule has 0 fully saturated rings. The Hall–Kier alpha value is -1.00. The molecule has 0 amide bonds. The lowest BCUT2D eigenvalue weighted by molar-refractivity contribution is -0.165. The molecule has 0 unspecified atom stereocenters. The van der Waals surface area contributed by atoms with Crippen molar-refractivity contribution in [1.82, 2.24) is 5.32 Å². The Morgan fingerprint density at radius 1 is 1.42 bits per heavy atom. The summed E-state index contributed by atoms with van der Waals surface area (Å²) in [5.74, 6) is -1.85. The molecule has 0 rings (SSSR count). The lowest BCUT2D eigenvalue weighted by atomic mass is 10.3. The molecule has 12 heavy (non-hydrogen) atoms. The molecule has 0 aromatic heterocycles. The molecular weight excluding hydrogens is 171 g/mol. The Kier molecular flexibility index (Phi) is 3.79. The van der Waals surface area contributed by atoms with Gasteiger partial charge in [-0.2, -0.15) is 13.2 Å². The summed E-state index contributed by atoms with van der Waals surface area (Å²) < 4.78 is 34.6. The molecule has 0 aliphatic carbocycles. The van der Waals surface area contributed by atoms with Gasteiger partial charge in [0.1, 0.15) is 0 Å². The van der Waals surface area contributed by atoms with Gasteiger partial charge in [0.25, 0.3) is 5.78 Å². The standard InChI is InChI=1S/C7H10F3NO/c1-5(2)11-4-3-6(12)7(8,9)10/h3-5,11H,1-2H3/b4-3-. The van der Waals surface area contributed by atoms with Crippen molar-refractivity contribution < 1.29 is 18.0 Å². The summed E-state index contributed by atoms with van der Waals surface area (Å²) in [5, 5.41) is 2.55. The fraction of sp³-hybridized carbons (Fsp3) is 0.571. The van der Waals surface area contributed by atoms with E-state index in [2.05, 4.69) is 5.32 Å². The Labute approximate surface area is 68.4 Å². The summed E-state index contributed by atoms with van der Waals surface area (Å²) in [6, 6.07) is 0.0160. The van der Waals surface area contributed by atoms with Gasteiger partial charge in [-0.15, -0.1) is 0 Å². The molecule has 2 nitrogen and oxygen atoms in total. The van der Waals surface area contributed by atoms with Crippen LogP contribution in [-0.2, 0) is 4.79 Å². The maximum Gasteiger partial charge on any atom is 0.454 e. The minimum atomic E-state index is -4.77. The zero-order valence-corrected chi connectivity index (χ0v) is 6.77. The smallest absolute Gasteiger partial charge is 0.389 e. The number of halogens is 3. The van der Waals surface area contributed by atoms with Gasteiger partial charge in [-0.25, -0.2) is 0 Å². The van der Waals surface area contributed by atoms with Crippen molar-refractivity contribution in [2.75, 3.05) is 0 Å². The van der Waals surface area contributed by atoms with Crippen LogP contribution in [0.15, 0.2) is 12.3 Å². The van der Waals surface area contributed by atoms with Crippen LogP contribution in [0.3, 0.4) is 0 Å². The number of hydrogen-bond donors (Lipinski definition) is 1. The van der Waals surface area contributed by atoms with E-state index in [9.17, 15) is 18.0 Å². The van der Waals surface area contributed by atoms with Crippen molar-refractivity contribution in [3.05, 3.63) is 12.3 Å². The molecule has 0 radical (unpaired) electrons. The van der Waals surface area contributed by atoms with E-state index in [0.717, 1.165) is 6.20 Å². The number of ketones is 1. The van der Waals surface area contributed by atoms with Gasteiger partial charge >= 0.3 is 6.18 Å². The molecule has 1 N–H and O–H groups in total. The van der Waals surface area contributed by atoms with E-state index >= 15 is 0 Å². The number of carbonyl (C=O) groups excluding carboxylic acids is 1. The largest absolute Gasteiger partial charge is 0.454 e. The van der Waals surface area contributed by atoms with Crippen LogP contribution in [0.25, 0.3) is 0 Å². The normalized spacial score (nSPS) is 12.5. The van der Waals surface area contributed by atoms with Crippen LogP contribution in [0.1, 0.15) is 13.8 Å². The van der Waals surface area contributed by atoms with Crippen LogP contribution in [-0.4, -0.2) is 18.0 Å². The average molecular weight is 181 g/mol. The second-order valence-electron chi connectivity index (χ2n) is 2.52. The number of allylic oxidation sites excluding steroid dienone is 1. The highest BCUT2D eigenvalue weighted by molar-refractivity contribution is 5.94. The quantitative estimate of drug-likeness (QED) is 0.670. The molecule has 0 saturated heterocycles. The molecule has 0 spiro atoms. The maximum absolute atomic E-state index is 11.5. The van der Waals surface area contributed by atoms with Gasteiger partial charge < -0.3 is 5.32 Å². The van der Waals surface area contributed by atoms with E-state index in [1.165, 1.54) is 0 Å². The first kappa shape index (κ1) is 11.0. The van der Waals surface area contributed by atoms with E-state index in [1.807, 2.05) is 0 Å². The van der Waals surface area contributed by atoms with Crippen LogP contribution in [0.5, 0.6) is 0 Å². The third kappa shape index (κ3) is 4.76. The molecular formula is C7H10F3NO. The monoisotopic (exact) mass is 181 g/mol. The molecule has 0 saturated carbocycles. The third-order valence-electron chi connectivity index (χ3n) is 0.944. The highest BCUT2D eigenvalue weighted by Gasteiger charge is 2.35.